The zero-order valence-corrected chi connectivity index (χ0v) is 13.7. The molecule has 3 rings (SSSR count). The van der Waals surface area contributed by atoms with Crippen LogP contribution in [0.1, 0.15) is 17.2 Å². The molecule has 0 aliphatic rings. The van der Waals surface area contributed by atoms with Crippen molar-refractivity contribution in [1.29, 1.82) is 0 Å². The van der Waals surface area contributed by atoms with E-state index in [1.165, 1.54) is 25.5 Å². The fraction of sp³-hybridized carbons (Fsp3) is 0.111. The average molecular weight is 388 g/mol. The normalized spacial score (nSPS) is 12.5. The minimum atomic E-state index is 0.118. The van der Waals surface area contributed by atoms with Crippen molar-refractivity contribution in [3.8, 4) is 0 Å². The van der Waals surface area contributed by atoms with Crippen molar-refractivity contribution in [2.24, 2.45) is 5.84 Å². The Morgan fingerprint density at radius 3 is 2.38 bits per heavy atom. The molecule has 0 spiro atoms. The number of nitrogens with two attached hydrogens (primary N) is 1. The molecule has 0 heterocycles. The third-order valence-corrected chi connectivity index (χ3v) is 4.50. The van der Waals surface area contributed by atoms with Crippen LogP contribution in [0, 0.1) is 3.57 Å². The van der Waals surface area contributed by atoms with Crippen molar-refractivity contribution in [2.75, 3.05) is 0 Å². The van der Waals surface area contributed by atoms with Crippen molar-refractivity contribution < 1.29 is 0 Å². The molecule has 0 aromatic heterocycles. The largest absolute Gasteiger partial charge is 0.271 e. The van der Waals surface area contributed by atoms with Gasteiger partial charge in [-0.3, -0.25) is 11.3 Å². The summed E-state index contributed by atoms with van der Waals surface area (Å²) in [4.78, 5) is 0. The summed E-state index contributed by atoms with van der Waals surface area (Å²) in [6.07, 6.45) is 0.873. The van der Waals surface area contributed by atoms with E-state index in [1.807, 2.05) is 0 Å². The fourth-order valence-corrected chi connectivity index (χ4v) is 3.02. The number of hydrazine groups is 1. The molecule has 0 bridgehead atoms. The van der Waals surface area contributed by atoms with Crippen LogP contribution in [0.25, 0.3) is 10.8 Å². The summed E-state index contributed by atoms with van der Waals surface area (Å²) in [5, 5.41) is 2.57. The molecular weight excluding hydrogens is 371 g/mol. The molecule has 0 saturated carbocycles. The van der Waals surface area contributed by atoms with Crippen molar-refractivity contribution in [1.82, 2.24) is 5.43 Å². The Bertz CT molecular complexity index is 732. The van der Waals surface area contributed by atoms with Crippen LogP contribution in [0.5, 0.6) is 0 Å². The Balaban J connectivity index is 1.94. The lowest BCUT2D eigenvalue weighted by atomic mass is 9.95. The van der Waals surface area contributed by atoms with E-state index < -0.39 is 0 Å². The van der Waals surface area contributed by atoms with Crippen LogP contribution in [0.2, 0.25) is 0 Å². The third kappa shape index (κ3) is 3.26. The van der Waals surface area contributed by atoms with Gasteiger partial charge in [-0.2, -0.15) is 0 Å². The van der Waals surface area contributed by atoms with E-state index in [4.69, 9.17) is 5.84 Å². The minimum absolute atomic E-state index is 0.118. The number of hydrogen-bond donors (Lipinski definition) is 2. The van der Waals surface area contributed by atoms with Crippen molar-refractivity contribution >= 4 is 33.4 Å². The predicted octanol–water partition coefficient (Wildman–Crippen LogP) is 4.19. The van der Waals surface area contributed by atoms with Crippen molar-refractivity contribution in [3.05, 3.63) is 81.4 Å². The van der Waals surface area contributed by atoms with Gasteiger partial charge < -0.3 is 0 Å². The summed E-state index contributed by atoms with van der Waals surface area (Å²) in [6.45, 7) is 0. The van der Waals surface area contributed by atoms with E-state index in [-0.39, 0.29) is 6.04 Å². The summed E-state index contributed by atoms with van der Waals surface area (Å²) < 4.78 is 1.23. The third-order valence-electron chi connectivity index (χ3n) is 3.78. The van der Waals surface area contributed by atoms with Gasteiger partial charge in [-0.15, -0.1) is 0 Å². The number of fused-ring (bicyclic) bond motifs is 1. The highest BCUT2D eigenvalue weighted by molar-refractivity contribution is 14.1. The zero-order valence-electron chi connectivity index (χ0n) is 11.6. The second-order valence-electron chi connectivity index (χ2n) is 5.11. The number of halogens is 1. The first kappa shape index (κ1) is 14.5. The van der Waals surface area contributed by atoms with Crippen LogP contribution >= 0.6 is 22.6 Å². The molecule has 106 valence electrons. The van der Waals surface area contributed by atoms with E-state index in [1.54, 1.807) is 0 Å². The molecule has 3 aromatic carbocycles. The van der Waals surface area contributed by atoms with E-state index >= 15 is 0 Å². The van der Waals surface area contributed by atoms with Crippen LogP contribution in [0.4, 0.5) is 0 Å². The van der Waals surface area contributed by atoms with Gasteiger partial charge >= 0.3 is 0 Å². The van der Waals surface area contributed by atoms with Crippen LogP contribution in [0.3, 0.4) is 0 Å². The van der Waals surface area contributed by atoms with Gasteiger partial charge in [0.1, 0.15) is 0 Å². The van der Waals surface area contributed by atoms with Gasteiger partial charge in [0.2, 0.25) is 0 Å². The summed E-state index contributed by atoms with van der Waals surface area (Å²) in [5.74, 6) is 5.78. The van der Waals surface area contributed by atoms with Crippen LogP contribution in [-0.4, -0.2) is 0 Å². The Morgan fingerprint density at radius 1 is 0.905 bits per heavy atom. The van der Waals surface area contributed by atoms with Gasteiger partial charge in [0.25, 0.3) is 0 Å². The van der Waals surface area contributed by atoms with Gasteiger partial charge in [-0.1, -0.05) is 54.6 Å². The Kier molecular flexibility index (Phi) is 4.53. The lowest BCUT2D eigenvalue weighted by Gasteiger charge is -2.18. The Hall–Kier alpha value is -1.43. The monoisotopic (exact) mass is 388 g/mol. The SMILES string of the molecule is NNC(Cc1cccc2ccccc12)c1ccc(I)cc1. The Morgan fingerprint density at radius 2 is 1.62 bits per heavy atom. The van der Waals surface area contributed by atoms with Gasteiger partial charge in [0, 0.05) is 3.57 Å². The molecule has 0 fully saturated rings. The topological polar surface area (TPSA) is 38.0 Å². The summed E-state index contributed by atoms with van der Waals surface area (Å²) in [5.41, 5.74) is 5.48. The van der Waals surface area contributed by atoms with Crippen molar-refractivity contribution in [2.45, 2.75) is 12.5 Å². The van der Waals surface area contributed by atoms with Gasteiger partial charge in [-0.25, -0.2) is 0 Å². The minimum Gasteiger partial charge on any atom is -0.271 e. The number of benzene rings is 3. The summed E-state index contributed by atoms with van der Waals surface area (Å²) >= 11 is 2.32. The zero-order chi connectivity index (χ0) is 14.7. The molecule has 3 aromatic rings. The smallest absolute Gasteiger partial charge is 0.0500 e. The van der Waals surface area contributed by atoms with E-state index in [2.05, 4.69) is 94.7 Å². The van der Waals surface area contributed by atoms with E-state index in [0.29, 0.717) is 0 Å². The van der Waals surface area contributed by atoms with Gasteiger partial charge in [0.05, 0.1) is 6.04 Å². The van der Waals surface area contributed by atoms with E-state index in [0.717, 1.165) is 6.42 Å². The van der Waals surface area contributed by atoms with E-state index in [9.17, 15) is 0 Å². The highest BCUT2D eigenvalue weighted by Gasteiger charge is 2.12. The molecule has 0 amide bonds. The molecule has 21 heavy (non-hydrogen) atoms. The lowest BCUT2D eigenvalue weighted by molar-refractivity contribution is 0.553. The summed E-state index contributed by atoms with van der Waals surface area (Å²) in [6, 6.07) is 23.5. The van der Waals surface area contributed by atoms with Gasteiger partial charge in [-0.05, 0) is 63.0 Å². The lowest BCUT2D eigenvalue weighted by Crippen LogP contribution is -2.29. The molecule has 1 atom stereocenters. The molecule has 0 radical (unpaired) electrons. The first-order valence-corrected chi connectivity index (χ1v) is 8.04. The maximum absolute atomic E-state index is 5.78. The molecule has 3 N–H and O–H groups in total. The molecular formula is C18H17IN2. The average Bonchev–Trinajstić information content (AvgIpc) is 2.54. The maximum Gasteiger partial charge on any atom is 0.0500 e. The van der Waals surface area contributed by atoms with Crippen LogP contribution < -0.4 is 11.3 Å². The number of rotatable bonds is 4. The molecule has 2 nitrogen and oxygen atoms in total. The van der Waals surface area contributed by atoms with Crippen LogP contribution in [0.15, 0.2) is 66.7 Å². The van der Waals surface area contributed by atoms with Crippen molar-refractivity contribution in [3.63, 3.8) is 0 Å². The number of nitrogens with one attached hydrogen (secondary N) is 1. The fourth-order valence-electron chi connectivity index (χ4n) is 2.66. The van der Waals surface area contributed by atoms with Gasteiger partial charge in [0.15, 0.2) is 0 Å². The standard InChI is InChI=1S/C18H17IN2/c19-16-10-8-14(9-11-16)18(21-20)12-15-6-3-5-13-4-1-2-7-17(13)15/h1-11,18,21H,12,20H2. The maximum atomic E-state index is 5.78. The first-order chi connectivity index (χ1) is 10.3. The molecule has 0 aliphatic carbocycles. The second kappa shape index (κ2) is 6.56. The highest BCUT2D eigenvalue weighted by Crippen LogP contribution is 2.24. The summed E-state index contributed by atoms with van der Waals surface area (Å²) in [7, 11) is 0. The quantitative estimate of drug-likeness (QED) is 0.400. The Labute approximate surface area is 138 Å². The molecule has 3 heteroatoms. The predicted molar refractivity (Wildman–Crippen MR) is 96.9 cm³/mol. The molecule has 0 aliphatic heterocycles. The highest BCUT2D eigenvalue weighted by atomic mass is 127. The number of hydrogen-bond acceptors (Lipinski definition) is 2. The first-order valence-electron chi connectivity index (χ1n) is 6.96. The molecule has 1 unspecified atom stereocenters. The van der Waals surface area contributed by atoms with Crippen LogP contribution in [-0.2, 0) is 6.42 Å². The molecule has 0 saturated heterocycles. The second-order valence-corrected chi connectivity index (χ2v) is 6.36.